The summed E-state index contributed by atoms with van der Waals surface area (Å²) in [6, 6.07) is 0. The fourth-order valence-corrected chi connectivity index (χ4v) is 2.18. The number of carbonyl (C=O) groups is 1. The van der Waals surface area contributed by atoms with E-state index in [0.717, 1.165) is 19.6 Å². The van der Waals surface area contributed by atoms with E-state index < -0.39 is 62.7 Å². The van der Waals surface area contributed by atoms with Crippen molar-refractivity contribution in [1.82, 2.24) is 0 Å². The maximum Gasteiger partial charge on any atom is 0.462 e. The largest absolute Gasteiger partial charge is 0.515 e. The highest BCUT2D eigenvalue weighted by Crippen LogP contribution is 2.56. The summed E-state index contributed by atoms with van der Waals surface area (Å²) in [6.07, 6.45) is -38.5. The summed E-state index contributed by atoms with van der Waals surface area (Å²) in [6.45, 7) is 2.29. The van der Waals surface area contributed by atoms with Gasteiger partial charge in [0.15, 0.2) is 0 Å². The molecule has 0 aliphatic rings. The third-order valence-electron chi connectivity index (χ3n) is 3.02. The van der Waals surface area contributed by atoms with Gasteiger partial charge in [-0.15, -0.1) is 0 Å². The lowest BCUT2D eigenvalue weighted by Gasteiger charge is -2.40. The molecule has 0 amide bonds. The highest BCUT2D eigenvalue weighted by atomic mass is 28.4. The Bertz CT molecular complexity index is 752. The van der Waals surface area contributed by atoms with Crippen molar-refractivity contribution >= 4 is 14.3 Å². The van der Waals surface area contributed by atoms with Crippen molar-refractivity contribution in [1.29, 1.82) is 0 Å². The van der Waals surface area contributed by atoms with E-state index in [1.165, 1.54) is 4.74 Å². The molecule has 0 heterocycles. The van der Waals surface area contributed by atoms with Crippen LogP contribution in [-0.4, -0.2) is 62.7 Å². The zero-order valence-electron chi connectivity index (χ0n) is 16.1. The molecule has 0 fully saturated rings. The first kappa shape index (κ1) is 32.4. The smallest absolute Gasteiger partial charge is 0.462 e. The van der Waals surface area contributed by atoms with Crippen LogP contribution in [0.3, 0.4) is 0 Å². The van der Waals surface area contributed by atoms with Crippen LogP contribution in [0.15, 0.2) is 0 Å². The summed E-state index contributed by atoms with van der Waals surface area (Å²) >= 11 is 0. The van der Waals surface area contributed by atoms with Crippen LogP contribution in [0.4, 0.5) is 74.6 Å². The van der Waals surface area contributed by atoms with Crippen LogP contribution < -0.4 is 0 Å². The standard InChI is InChI=1S/C12H9F17O4Si/c1-34(2,3)31-4(30)5(13,8(17,18)19)32-12(28,29)7(16,10(23,24)25)33-11(26,27)6(14,15)9(20,21)22/h1-3H3/t5-,7+/m0/s1. The molecule has 0 aromatic heterocycles. The molecule has 0 aliphatic heterocycles. The molecule has 0 N–H and O–H groups in total. The number of hydrogen-bond donors (Lipinski definition) is 0. The van der Waals surface area contributed by atoms with Gasteiger partial charge < -0.3 is 4.43 Å². The van der Waals surface area contributed by atoms with Gasteiger partial charge in [-0.25, -0.2) is 4.79 Å². The van der Waals surface area contributed by atoms with Gasteiger partial charge in [0.2, 0.25) is 8.32 Å². The summed E-state index contributed by atoms with van der Waals surface area (Å²) in [5.74, 6) is -26.3. The topological polar surface area (TPSA) is 44.8 Å². The van der Waals surface area contributed by atoms with E-state index in [4.69, 9.17) is 0 Å². The molecule has 0 unspecified atom stereocenters. The minimum absolute atomic E-state index is 0.762. The summed E-state index contributed by atoms with van der Waals surface area (Å²) in [5.41, 5.74) is 0. The van der Waals surface area contributed by atoms with E-state index in [1.54, 1.807) is 0 Å². The number of ether oxygens (including phenoxy) is 2. The summed E-state index contributed by atoms with van der Waals surface area (Å²) in [4.78, 5) is 11.4. The van der Waals surface area contributed by atoms with Crippen molar-refractivity contribution in [2.24, 2.45) is 0 Å². The second-order valence-corrected chi connectivity index (χ2v) is 11.4. The third-order valence-corrected chi connectivity index (χ3v) is 3.82. The van der Waals surface area contributed by atoms with Gasteiger partial charge in [-0.2, -0.15) is 74.6 Å². The first-order valence-electron chi connectivity index (χ1n) is 7.64. The van der Waals surface area contributed by atoms with Gasteiger partial charge in [0.25, 0.3) is 0 Å². The van der Waals surface area contributed by atoms with Crippen molar-refractivity contribution in [3.8, 4) is 0 Å². The number of hydrogen-bond acceptors (Lipinski definition) is 4. The fourth-order valence-electron chi connectivity index (χ4n) is 1.49. The highest BCUT2D eigenvalue weighted by molar-refractivity contribution is 6.71. The van der Waals surface area contributed by atoms with Crippen molar-refractivity contribution in [2.45, 2.75) is 68.0 Å². The van der Waals surface area contributed by atoms with Crippen LogP contribution >= 0.6 is 0 Å². The van der Waals surface area contributed by atoms with Gasteiger partial charge >= 0.3 is 54.3 Å². The normalized spacial score (nSPS) is 18.8. The first-order chi connectivity index (χ1) is 14.3. The van der Waals surface area contributed by atoms with Crippen LogP contribution in [0.2, 0.25) is 19.6 Å². The minimum Gasteiger partial charge on any atom is -0.515 e. The Morgan fingerprint density at radius 3 is 1.21 bits per heavy atom. The maximum atomic E-state index is 14.1. The lowest BCUT2D eigenvalue weighted by Crippen LogP contribution is -2.68. The molecule has 34 heavy (non-hydrogen) atoms. The molecule has 204 valence electrons. The van der Waals surface area contributed by atoms with Crippen LogP contribution in [0.25, 0.3) is 0 Å². The van der Waals surface area contributed by atoms with Crippen molar-refractivity contribution < 1.29 is 93.3 Å². The Hall–Kier alpha value is -1.58. The molecular formula is C12H9F17O4Si. The number of alkyl halides is 17. The van der Waals surface area contributed by atoms with E-state index in [-0.39, 0.29) is 0 Å². The first-order valence-corrected chi connectivity index (χ1v) is 11.0. The summed E-state index contributed by atoms with van der Waals surface area (Å²) < 4.78 is 227. The van der Waals surface area contributed by atoms with Crippen LogP contribution in [-0.2, 0) is 18.7 Å². The molecule has 0 rings (SSSR count). The minimum atomic E-state index is -8.04. The molecular weight excluding hydrogens is 559 g/mol. The highest BCUT2D eigenvalue weighted by Gasteiger charge is 2.85. The van der Waals surface area contributed by atoms with E-state index in [0.29, 0.717) is 0 Å². The average Bonchev–Trinajstić information content (AvgIpc) is 2.48. The molecule has 0 saturated carbocycles. The van der Waals surface area contributed by atoms with Crippen LogP contribution in [0, 0.1) is 0 Å². The Balaban J connectivity index is 6.79. The molecule has 2 atom stereocenters. The average molecular weight is 568 g/mol. The molecule has 0 aromatic rings. The van der Waals surface area contributed by atoms with E-state index >= 15 is 0 Å². The van der Waals surface area contributed by atoms with E-state index in [1.807, 2.05) is 4.74 Å². The lowest BCUT2D eigenvalue weighted by molar-refractivity contribution is -0.548. The van der Waals surface area contributed by atoms with Gasteiger partial charge in [-0.1, -0.05) is 0 Å². The lowest BCUT2D eigenvalue weighted by atomic mass is 10.2. The number of halogens is 17. The van der Waals surface area contributed by atoms with Gasteiger partial charge in [-0.3, -0.25) is 9.47 Å². The zero-order chi connectivity index (χ0) is 28.2. The van der Waals surface area contributed by atoms with Crippen molar-refractivity contribution in [3.05, 3.63) is 0 Å². The van der Waals surface area contributed by atoms with Gasteiger partial charge in [0, 0.05) is 0 Å². The van der Waals surface area contributed by atoms with E-state index in [2.05, 4.69) is 4.43 Å². The number of carbonyl (C=O) groups excluding carboxylic acids is 1. The Morgan fingerprint density at radius 1 is 0.559 bits per heavy atom. The molecule has 0 bridgehead atoms. The summed E-state index contributed by atoms with van der Waals surface area (Å²) in [7, 11) is -3.76. The van der Waals surface area contributed by atoms with Crippen molar-refractivity contribution in [3.63, 3.8) is 0 Å². The Morgan fingerprint density at radius 2 is 0.941 bits per heavy atom. The second-order valence-electron chi connectivity index (χ2n) is 7.00. The van der Waals surface area contributed by atoms with Gasteiger partial charge in [0.05, 0.1) is 0 Å². The number of rotatable bonds is 8. The summed E-state index contributed by atoms with van der Waals surface area (Å²) in [5, 5.41) is 0. The molecule has 0 radical (unpaired) electrons. The van der Waals surface area contributed by atoms with Crippen molar-refractivity contribution in [2.75, 3.05) is 0 Å². The fraction of sp³-hybridized carbons (Fsp3) is 0.917. The Labute approximate surface area is 177 Å². The van der Waals surface area contributed by atoms with Crippen LogP contribution in [0.5, 0.6) is 0 Å². The maximum absolute atomic E-state index is 14.1. The molecule has 0 spiro atoms. The SMILES string of the molecule is C[Si](C)(C)OC(=O)[C@](F)(OC(F)(F)[C@](F)(OC(F)(F)C(F)(F)C(F)(F)F)C(F)(F)F)C(F)(F)F. The third kappa shape index (κ3) is 5.97. The monoisotopic (exact) mass is 568 g/mol. The van der Waals surface area contributed by atoms with Gasteiger partial charge in [0.1, 0.15) is 0 Å². The second kappa shape index (κ2) is 8.52. The Kier molecular flexibility index (Phi) is 8.12. The predicted molar refractivity (Wildman–Crippen MR) is 72.3 cm³/mol. The van der Waals surface area contributed by atoms with Crippen LogP contribution in [0.1, 0.15) is 0 Å². The molecule has 0 aromatic carbocycles. The zero-order valence-corrected chi connectivity index (χ0v) is 17.1. The van der Waals surface area contributed by atoms with Gasteiger partial charge in [-0.05, 0) is 19.6 Å². The molecule has 4 nitrogen and oxygen atoms in total. The molecule has 0 aliphatic carbocycles. The van der Waals surface area contributed by atoms with E-state index in [9.17, 15) is 79.4 Å². The quantitative estimate of drug-likeness (QED) is 0.257. The molecule has 22 heteroatoms. The molecule has 0 saturated heterocycles. The predicted octanol–water partition coefficient (Wildman–Crippen LogP) is 6.24.